The number of pyridine rings is 2. The second-order valence-corrected chi connectivity index (χ2v) is 8.42. The molecule has 0 spiro atoms. The number of rotatable bonds is 6. The second-order valence-electron chi connectivity index (χ2n) is 8.42. The number of hydrogen-bond acceptors (Lipinski definition) is 10. The van der Waals surface area contributed by atoms with Crippen LogP contribution in [0.4, 0.5) is 16.2 Å². The molecule has 2 aliphatic rings. The number of ether oxygens (including phenoxy) is 2. The average molecular weight is 495 g/mol. The number of aliphatic hydroxyl groups excluding tert-OH is 1. The first kappa shape index (κ1) is 23.7. The molecule has 0 saturated carbocycles. The summed E-state index contributed by atoms with van der Waals surface area (Å²) in [5, 5.41) is 17.8. The molecule has 1 aromatic carbocycles. The van der Waals surface area contributed by atoms with Crippen molar-refractivity contribution in [1.29, 1.82) is 0 Å². The summed E-state index contributed by atoms with van der Waals surface area (Å²) >= 11 is 0. The van der Waals surface area contributed by atoms with Gasteiger partial charge >= 0.3 is 6.09 Å². The highest BCUT2D eigenvalue weighted by atomic mass is 16.7. The van der Waals surface area contributed by atoms with Crippen LogP contribution < -0.4 is 20.1 Å². The van der Waals surface area contributed by atoms with Gasteiger partial charge in [0.05, 0.1) is 30.1 Å². The third-order valence-electron chi connectivity index (χ3n) is 6.00. The van der Waals surface area contributed by atoms with E-state index in [1.807, 2.05) is 0 Å². The van der Waals surface area contributed by atoms with Crippen molar-refractivity contribution in [2.75, 3.05) is 57.1 Å². The number of aromatic nitrogens is 2. The van der Waals surface area contributed by atoms with Gasteiger partial charge in [-0.2, -0.15) is 0 Å². The van der Waals surface area contributed by atoms with Crippen LogP contribution in [0.25, 0.3) is 11.0 Å². The normalized spacial score (nSPS) is 17.0. The van der Waals surface area contributed by atoms with Crippen molar-refractivity contribution in [3.8, 4) is 11.6 Å². The van der Waals surface area contributed by atoms with E-state index in [4.69, 9.17) is 14.3 Å². The molecule has 3 aromatic rings. The minimum Gasteiger partial charge on any atom is -0.482 e. The first-order valence-electron chi connectivity index (χ1n) is 11.5. The maximum atomic E-state index is 12.5. The van der Waals surface area contributed by atoms with Gasteiger partial charge in [0.1, 0.15) is 11.3 Å². The van der Waals surface area contributed by atoms with Crippen LogP contribution >= 0.6 is 0 Å². The van der Waals surface area contributed by atoms with Crippen molar-refractivity contribution in [1.82, 2.24) is 19.9 Å². The highest BCUT2D eigenvalue weighted by Crippen LogP contribution is 2.31. The summed E-state index contributed by atoms with van der Waals surface area (Å²) in [7, 11) is 1.52. The fourth-order valence-corrected chi connectivity index (χ4v) is 4.13. The quantitative estimate of drug-likeness (QED) is 0.465. The minimum absolute atomic E-state index is 0.00986. The number of benzene rings is 1. The summed E-state index contributed by atoms with van der Waals surface area (Å²) in [5.41, 5.74) is 2.84. The highest BCUT2D eigenvalue weighted by molar-refractivity contribution is 5.96. The van der Waals surface area contributed by atoms with Gasteiger partial charge in [0.25, 0.3) is 5.91 Å². The van der Waals surface area contributed by atoms with E-state index in [1.165, 1.54) is 7.11 Å². The molecule has 0 radical (unpaired) electrons. The molecular formula is C24H26N6O6. The number of nitrogens with one attached hydrogen (secondary N) is 2. The molecule has 1 fully saturated rings. The van der Waals surface area contributed by atoms with Crippen LogP contribution in [0.2, 0.25) is 0 Å². The lowest BCUT2D eigenvalue weighted by Gasteiger charge is -2.34. The molecule has 0 aliphatic carbocycles. The van der Waals surface area contributed by atoms with Crippen LogP contribution in [0.1, 0.15) is 11.7 Å². The molecule has 5 rings (SSSR count). The summed E-state index contributed by atoms with van der Waals surface area (Å²) in [6.07, 6.45) is 0.216. The molecule has 1 atom stereocenters. The molecule has 12 nitrogen and oxygen atoms in total. The van der Waals surface area contributed by atoms with Crippen LogP contribution in [0, 0.1) is 0 Å². The van der Waals surface area contributed by atoms with E-state index in [0.717, 1.165) is 0 Å². The summed E-state index contributed by atoms with van der Waals surface area (Å²) in [5.74, 6) is 0.783. The lowest BCUT2D eigenvalue weighted by atomic mass is 10.1. The molecule has 0 bridgehead atoms. The van der Waals surface area contributed by atoms with Crippen LogP contribution in [0.5, 0.6) is 11.6 Å². The zero-order valence-electron chi connectivity index (χ0n) is 19.6. The van der Waals surface area contributed by atoms with E-state index in [-0.39, 0.29) is 12.5 Å². The molecule has 3 N–H and O–H groups in total. The zero-order valence-corrected chi connectivity index (χ0v) is 19.6. The van der Waals surface area contributed by atoms with Crippen molar-refractivity contribution in [3.05, 3.63) is 48.2 Å². The average Bonchev–Trinajstić information content (AvgIpc) is 2.89. The molecule has 1 unspecified atom stereocenters. The van der Waals surface area contributed by atoms with Gasteiger partial charge in [-0.1, -0.05) is 6.07 Å². The Balaban J connectivity index is 1.12. The van der Waals surface area contributed by atoms with Gasteiger partial charge in [0, 0.05) is 45.0 Å². The van der Waals surface area contributed by atoms with Crippen molar-refractivity contribution >= 4 is 34.4 Å². The monoisotopic (exact) mass is 494 g/mol. The van der Waals surface area contributed by atoms with Gasteiger partial charge in [-0.15, -0.1) is 5.06 Å². The Labute approximate surface area is 206 Å². The van der Waals surface area contributed by atoms with Gasteiger partial charge < -0.3 is 24.7 Å². The van der Waals surface area contributed by atoms with Crippen molar-refractivity contribution < 1.29 is 29.0 Å². The van der Waals surface area contributed by atoms with E-state index in [1.54, 1.807) is 47.7 Å². The first-order chi connectivity index (χ1) is 17.5. The number of piperazine rings is 1. The van der Waals surface area contributed by atoms with Gasteiger partial charge in [0.15, 0.2) is 6.61 Å². The predicted octanol–water partition coefficient (Wildman–Crippen LogP) is 1.78. The Hall–Kier alpha value is -4.00. The molecule has 2 aliphatic heterocycles. The highest BCUT2D eigenvalue weighted by Gasteiger charge is 2.24. The maximum Gasteiger partial charge on any atom is 0.430 e. The van der Waals surface area contributed by atoms with E-state index in [2.05, 4.69) is 25.5 Å². The SMILES string of the molecule is COc1ccc2nccc(NC(=O)ON3CCN(CC(O)c4ccc5c(c4)NC(=O)CO5)CC3)c2n1. The van der Waals surface area contributed by atoms with E-state index in [0.29, 0.717) is 72.3 Å². The van der Waals surface area contributed by atoms with Gasteiger partial charge in [0.2, 0.25) is 5.88 Å². The van der Waals surface area contributed by atoms with Crippen LogP contribution in [0.3, 0.4) is 0 Å². The van der Waals surface area contributed by atoms with E-state index < -0.39 is 12.2 Å². The summed E-state index contributed by atoms with van der Waals surface area (Å²) in [6, 6.07) is 10.4. The van der Waals surface area contributed by atoms with E-state index >= 15 is 0 Å². The summed E-state index contributed by atoms with van der Waals surface area (Å²) in [6.45, 7) is 2.57. The van der Waals surface area contributed by atoms with Crippen LogP contribution in [0.15, 0.2) is 42.6 Å². The molecule has 1 saturated heterocycles. The smallest absolute Gasteiger partial charge is 0.430 e. The topological polar surface area (TPSA) is 138 Å². The number of carbonyl (C=O) groups excluding carboxylic acids is 2. The standard InChI is InChI=1S/C24H26N6O6/c1-34-22-5-3-16-23(28-22)17(6-7-25-16)27-24(33)36-30-10-8-29(9-11-30)13-19(31)15-2-4-20-18(12-15)26-21(32)14-35-20/h2-7,12,19,31H,8-11,13-14H2,1H3,(H,26,32)(H,25,27,33). The van der Waals surface area contributed by atoms with Crippen molar-refractivity contribution in [2.24, 2.45) is 0 Å². The van der Waals surface area contributed by atoms with Gasteiger partial charge in [-0.05, 0) is 29.8 Å². The number of nitrogens with zero attached hydrogens (tertiary/aromatic N) is 4. The second kappa shape index (κ2) is 10.3. The molecule has 2 aromatic heterocycles. The Morgan fingerprint density at radius 2 is 2.06 bits per heavy atom. The molecule has 12 heteroatoms. The summed E-state index contributed by atoms with van der Waals surface area (Å²) in [4.78, 5) is 40.2. The fourth-order valence-electron chi connectivity index (χ4n) is 4.13. The fraction of sp³-hybridized carbons (Fsp3) is 0.333. The molecule has 36 heavy (non-hydrogen) atoms. The number of β-amino-alcohol motifs (C(OH)–C–C–N with tert-alkyl or cyclic N) is 1. The number of anilines is 2. The third-order valence-corrected chi connectivity index (χ3v) is 6.00. The number of amides is 2. The third kappa shape index (κ3) is 5.30. The summed E-state index contributed by atoms with van der Waals surface area (Å²) < 4.78 is 10.5. The minimum atomic E-state index is -0.741. The number of methoxy groups -OCH3 is 1. The van der Waals surface area contributed by atoms with Gasteiger partial charge in [-0.3, -0.25) is 20.0 Å². The van der Waals surface area contributed by atoms with Gasteiger partial charge in [-0.25, -0.2) is 9.78 Å². The number of hydroxylamine groups is 2. The Kier molecular flexibility index (Phi) is 6.80. The lowest BCUT2D eigenvalue weighted by molar-refractivity contribution is -0.120. The lowest BCUT2D eigenvalue weighted by Crippen LogP contribution is -2.48. The number of aliphatic hydroxyl groups is 1. The van der Waals surface area contributed by atoms with Crippen molar-refractivity contribution in [2.45, 2.75) is 6.10 Å². The largest absolute Gasteiger partial charge is 0.482 e. The molecule has 4 heterocycles. The van der Waals surface area contributed by atoms with Crippen LogP contribution in [-0.4, -0.2) is 83.5 Å². The Bertz CT molecular complexity index is 1280. The molecule has 2 amide bonds. The number of hydrogen-bond donors (Lipinski definition) is 3. The maximum absolute atomic E-state index is 12.5. The number of fused-ring (bicyclic) bond motifs is 2. The zero-order chi connectivity index (χ0) is 25.1. The van der Waals surface area contributed by atoms with Crippen LogP contribution in [-0.2, 0) is 9.63 Å². The van der Waals surface area contributed by atoms with E-state index in [9.17, 15) is 14.7 Å². The predicted molar refractivity (Wildman–Crippen MR) is 130 cm³/mol. The Morgan fingerprint density at radius 3 is 2.86 bits per heavy atom. The Morgan fingerprint density at radius 1 is 1.22 bits per heavy atom. The first-order valence-corrected chi connectivity index (χ1v) is 11.5. The molecular weight excluding hydrogens is 468 g/mol. The van der Waals surface area contributed by atoms with Crippen molar-refractivity contribution in [3.63, 3.8) is 0 Å². The molecule has 188 valence electrons. The number of carbonyl (C=O) groups is 2.